The third-order valence-corrected chi connectivity index (χ3v) is 3.52. The van der Waals surface area contributed by atoms with Gasteiger partial charge in [-0.2, -0.15) is 0 Å². The molecular formula is C16H14Cl2N2O3. The summed E-state index contributed by atoms with van der Waals surface area (Å²) in [7, 11) is 0. The summed E-state index contributed by atoms with van der Waals surface area (Å²) in [6.45, 7) is 4.30. The van der Waals surface area contributed by atoms with Crippen LogP contribution in [0.5, 0.6) is 5.75 Å². The maximum absolute atomic E-state index is 10.8. The maximum Gasteiger partial charge on any atom is 0.271 e. The standard InChI is InChI=1S/C16H14Cl2N2O3/c1-2-6-23-16-14(17)7-11(8-15(16)18)10-19-12-4-3-5-13(9-12)20(21)22/h2-5,7-9,19H,1,6,10H2. The molecule has 0 amide bonds. The highest BCUT2D eigenvalue weighted by Crippen LogP contribution is 2.34. The van der Waals surface area contributed by atoms with Crippen LogP contribution in [0.1, 0.15) is 5.56 Å². The summed E-state index contributed by atoms with van der Waals surface area (Å²) in [6, 6.07) is 9.73. The number of nitro groups is 1. The Morgan fingerprint density at radius 2 is 1.96 bits per heavy atom. The zero-order valence-electron chi connectivity index (χ0n) is 12.1. The van der Waals surface area contributed by atoms with E-state index in [0.29, 0.717) is 34.6 Å². The van der Waals surface area contributed by atoms with Crippen molar-refractivity contribution in [3.63, 3.8) is 0 Å². The lowest BCUT2D eigenvalue weighted by Crippen LogP contribution is -2.01. The van der Waals surface area contributed by atoms with Gasteiger partial charge in [-0.3, -0.25) is 10.1 Å². The Balaban J connectivity index is 2.10. The van der Waals surface area contributed by atoms with Crippen molar-refractivity contribution in [3.05, 3.63) is 74.8 Å². The molecule has 0 fully saturated rings. The molecule has 0 radical (unpaired) electrons. The normalized spacial score (nSPS) is 10.2. The summed E-state index contributed by atoms with van der Waals surface area (Å²) in [5.74, 6) is 0.410. The molecule has 1 N–H and O–H groups in total. The van der Waals surface area contributed by atoms with Crippen molar-refractivity contribution in [1.82, 2.24) is 0 Å². The summed E-state index contributed by atoms with van der Waals surface area (Å²) >= 11 is 12.3. The number of non-ortho nitro benzene ring substituents is 1. The molecule has 0 heterocycles. The van der Waals surface area contributed by atoms with Gasteiger partial charge >= 0.3 is 0 Å². The number of nitro benzene ring substituents is 1. The van der Waals surface area contributed by atoms with Crippen LogP contribution in [0.15, 0.2) is 49.1 Å². The molecule has 7 heteroatoms. The minimum Gasteiger partial charge on any atom is -0.486 e. The Labute approximate surface area is 143 Å². The smallest absolute Gasteiger partial charge is 0.271 e. The molecule has 0 aliphatic heterocycles. The minimum atomic E-state index is -0.440. The van der Waals surface area contributed by atoms with E-state index in [2.05, 4.69) is 11.9 Å². The van der Waals surface area contributed by atoms with Gasteiger partial charge in [-0.1, -0.05) is 41.9 Å². The summed E-state index contributed by atoms with van der Waals surface area (Å²) in [4.78, 5) is 10.3. The summed E-state index contributed by atoms with van der Waals surface area (Å²) < 4.78 is 5.40. The highest BCUT2D eigenvalue weighted by Gasteiger charge is 2.10. The number of hydrogen-bond acceptors (Lipinski definition) is 4. The van der Waals surface area contributed by atoms with Gasteiger partial charge in [0.2, 0.25) is 0 Å². The molecular weight excluding hydrogens is 339 g/mol. The second-order valence-electron chi connectivity index (χ2n) is 4.65. The molecule has 0 spiro atoms. The van der Waals surface area contributed by atoms with E-state index < -0.39 is 4.92 Å². The highest BCUT2D eigenvalue weighted by molar-refractivity contribution is 6.37. The van der Waals surface area contributed by atoms with Crippen molar-refractivity contribution in [2.75, 3.05) is 11.9 Å². The van der Waals surface area contributed by atoms with E-state index in [1.807, 2.05) is 0 Å². The first-order valence-corrected chi connectivity index (χ1v) is 7.47. The van der Waals surface area contributed by atoms with Crippen molar-refractivity contribution >= 4 is 34.6 Å². The van der Waals surface area contributed by atoms with E-state index in [4.69, 9.17) is 27.9 Å². The topological polar surface area (TPSA) is 64.4 Å². The van der Waals surface area contributed by atoms with Crippen LogP contribution in [0.2, 0.25) is 10.0 Å². The molecule has 2 aromatic rings. The lowest BCUT2D eigenvalue weighted by Gasteiger charge is -2.11. The average molecular weight is 353 g/mol. The van der Waals surface area contributed by atoms with Gasteiger partial charge < -0.3 is 10.1 Å². The number of benzene rings is 2. The average Bonchev–Trinajstić information content (AvgIpc) is 2.52. The molecule has 0 unspecified atom stereocenters. The zero-order valence-corrected chi connectivity index (χ0v) is 13.6. The van der Waals surface area contributed by atoms with Crippen LogP contribution >= 0.6 is 23.2 Å². The van der Waals surface area contributed by atoms with Crippen LogP contribution in [0.3, 0.4) is 0 Å². The predicted octanol–water partition coefficient (Wildman–Crippen LogP) is 5.08. The summed E-state index contributed by atoms with van der Waals surface area (Å²) in [5.41, 5.74) is 1.50. The molecule has 2 aromatic carbocycles. The first-order chi connectivity index (χ1) is 11.0. The fraction of sp³-hybridized carbons (Fsp3) is 0.125. The van der Waals surface area contributed by atoms with Gasteiger partial charge in [0, 0.05) is 24.4 Å². The lowest BCUT2D eigenvalue weighted by molar-refractivity contribution is -0.384. The largest absolute Gasteiger partial charge is 0.486 e. The highest BCUT2D eigenvalue weighted by atomic mass is 35.5. The molecule has 0 aromatic heterocycles. The molecule has 23 heavy (non-hydrogen) atoms. The van der Waals surface area contributed by atoms with Gasteiger partial charge in [0.15, 0.2) is 5.75 Å². The number of nitrogens with one attached hydrogen (secondary N) is 1. The van der Waals surface area contributed by atoms with Crippen molar-refractivity contribution in [2.45, 2.75) is 6.54 Å². The van der Waals surface area contributed by atoms with E-state index in [0.717, 1.165) is 5.56 Å². The zero-order chi connectivity index (χ0) is 16.8. The van der Waals surface area contributed by atoms with E-state index in [1.165, 1.54) is 12.1 Å². The Morgan fingerprint density at radius 3 is 2.57 bits per heavy atom. The molecule has 0 saturated heterocycles. The van der Waals surface area contributed by atoms with E-state index in [-0.39, 0.29) is 5.69 Å². The molecule has 5 nitrogen and oxygen atoms in total. The number of anilines is 1. The summed E-state index contributed by atoms with van der Waals surface area (Å²) in [6.07, 6.45) is 1.60. The SMILES string of the molecule is C=CCOc1c(Cl)cc(CNc2cccc([N+](=O)[O-])c2)cc1Cl. The van der Waals surface area contributed by atoms with Gasteiger partial charge in [0.1, 0.15) is 6.61 Å². The van der Waals surface area contributed by atoms with Gasteiger partial charge in [0.05, 0.1) is 15.0 Å². The molecule has 0 bridgehead atoms. The fourth-order valence-electron chi connectivity index (χ4n) is 1.93. The van der Waals surface area contributed by atoms with Gasteiger partial charge in [-0.25, -0.2) is 0 Å². The van der Waals surface area contributed by atoms with Crippen LogP contribution in [-0.2, 0) is 6.54 Å². The maximum atomic E-state index is 10.8. The van der Waals surface area contributed by atoms with Crippen LogP contribution in [0, 0.1) is 10.1 Å². The van der Waals surface area contributed by atoms with Crippen LogP contribution in [0.4, 0.5) is 11.4 Å². The second kappa shape index (κ2) is 7.85. The Morgan fingerprint density at radius 1 is 1.26 bits per heavy atom. The molecule has 0 saturated carbocycles. The number of nitrogens with zero attached hydrogens (tertiary/aromatic N) is 1. The Bertz CT molecular complexity index is 712. The van der Waals surface area contributed by atoms with Gasteiger partial charge in [-0.05, 0) is 23.8 Å². The number of ether oxygens (including phenoxy) is 1. The third kappa shape index (κ3) is 4.61. The summed E-state index contributed by atoms with van der Waals surface area (Å²) in [5, 5.41) is 14.7. The van der Waals surface area contributed by atoms with E-state index in [1.54, 1.807) is 30.3 Å². The first kappa shape index (κ1) is 17.1. The fourth-order valence-corrected chi connectivity index (χ4v) is 2.57. The van der Waals surface area contributed by atoms with Crippen LogP contribution < -0.4 is 10.1 Å². The molecule has 120 valence electrons. The van der Waals surface area contributed by atoms with Crippen LogP contribution in [0.25, 0.3) is 0 Å². The van der Waals surface area contributed by atoms with Gasteiger partial charge in [0.25, 0.3) is 5.69 Å². The monoisotopic (exact) mass is 352 g/mol. The van der Waals surface area contributed by atoms with Gasteiger partial charge in [-0.15, -0.1) is 0 Å². The lowest BCUT2D eigenvalue weighted by atomic mass is 10.2. The Hall–Kier alpha value is -2.24. The molecule has 2 rings (SSSR count). The van der Waals surface area contributed by atoms with Crippen LogP contribution in [-0.4, -0.2) is 11.5 Å². The molecule has 0 aliphatic carbocycles. The van der Waals surface area contributed by atoms with E-state index >= 15 is 0 Å². The van der Waals surface area contributed by atoms with Crippen molar-refractivity contribution in [3.8, 4) is 5.75 Å². The first-order valence-electron chi connectivity index (χ1n) is 6.71. The predicted molar refractivity (Wildman–Crippen MR) is 92.6 cm³/mol. The second-order valence-corrected chi connectivity index (χ2v) is 5.46. The quantitative estimate of drug-likeness (QED) is 0.428. The van der Waals surface area contributed by atoms with Crippen molar-refractivity contribution < 1.29 is 9.66 Å². The minimum absolute atomic E-state index is 0.0271. The number of hydrogen-bond donors (Lipinski definition) is 1. The Kier molecular flexibility index (Phi) is 5.84. The number of rotatable bonds is 7. The van der Waals surface area contributed by atoms with E-state index in [9.17, 15) is 10.1 Å². The third-order valence-electron chi connectivity index (χ3n) is 2.96. The number of halogens is 2. The molecule has 0 aliphatic rings. The van der Waals surface area contributed by atoms with Crippen molar-refractivity contribution in [1.29, 1.82) is 0 Å². The molecule has 0 atom stereocenters. The van der Waals surface area contributed by atoms with Crippen molar-refractivity contribution in [2.24, 2.45) is 0 Å².